The number of Topliss-reactive ketones (excluding diaryl/α,β-unsaturated/α-hetero) is 1. The lowest BCUT2D eigenvalue weighted by atomic mass is 9.89. The van der Waals surface area contributed by atoms with E-state index >= 15 is 0 Å². The fraction of sp³-hybridized carbons (Fsp3) is 0.900. The van der Waals surface area contributed by atoms with Gasteiger partial charge in [-0.15, -0.1) is 0 Å². The first-order chi connectivity index (χ1) is 5.79. The van der Waals surface area contributed by atoms with Crippen LogP contribution >= 0.6 is 0 Å². The number of carbonyl (C=O) groups excluding carboxylic acids is 1. The first kappa shape index (κ1) is 8.24. The Morgan fingerprint density at radius 3 is 2.75 bits per heavy atom. The molecule has 2 rings (SSSR count). The number of hydrogen-bond donors (Lipinski definition) is 1. The van der Waals surface area contributed by atoms with Crippen molar-refractivity contribution in [1.82, 2.24) is 0 Å². The second-order valence-corrected chi connectivity index (χ2v) is 4.14. The van der Waals surface area contributed by atoms with E-state index in [9.17, 15) is 9.90 Å². The molecule has 12 heavy (non-hydrogen) atoms. The van der Waals surface area contributed by atoms with Crippen LogP contribution in [-0.4, -0.2) is 17.0 Å². The van der Waals surface area contributed by atoms with Gasteiger partial charge >= 0.3 is 0 Å². The molecular weight excluding hydrogens is 152 g/mol. The Morgan fingerprint density at radius 2 is 1.92 bits per heavy atom. The van der Waals surface area contributed by atoms with Gasteiger partial charge in [0.15, 0.2) is 0 Å². The molecule has 0 amide bonds. The van der Waals surface area contributed by atoms with E-state index in [2.05, 4.69) is 0 Å². The molecule has 2 nitrogen and oxygen atoms in total. The summed E-state index contributed by atoms with van der Waals surface area (Å²) >= 11 is 0. The van der Waals surface area contributed by atoms with Crippen molar-refractivity contribution in [1.29, 1.82) is 0 Å². The summed E-state index contributed by atoms with van der Waals surface area (Å²) in [4.78, 5) is 11.4. The smallest absolute Gasteiger partial charge is 0.138 e. The van der Waals surface area contributed by atoms with Gasteiger partial charge in [-0.25, -0.2) is 0 Å². The van der Waals surface area contributed by atoms with Gasteiger partial charge in [0.25, 0.3) is 0 Å². The van der Waals surface area contributed by atoms with Crippen molar-refractivity contribution in [2.45, 2.75) is 44.6 Å². The number of rotatable bonds is 0. The van der Waals surface area contributed by atoms with E-state index in [0.29, 0.717) is 18.1 Å². The summed E-state index contributed by atoms with van der Waals surface area (Å²) in [6, 6.07) is 0. The minimum Gasteiger partial charge on any atom is -0.392 e. The minimum absolute atomic E-state index is 0.00694. The second-order valence-electron chi connectivity index (χ2n) is 4.14. The lowest BCUT2D eigenvalue weighted by molar-refractivity contribution is -0.124. The summed E-state index contributed by atoms with van der Waals surface area (Å²) in [6.45, 7) is 0. The van der Waals surface area contributed by atoms with Gasteiger partial charge < -0.3 is 5.11 Å². The third-order valence-electron chi connectivity index (χ3n) is 3.38. The van der Waals surface area contributed by atoms with Crippen LogP contribution in [0.25, 0.3) is 0 Å². The van der Waals surface area contributed by atoms with Crippen LogP contribution < -0.4 is 0 Å². The van der Waals surface area contributed by atoms with Gasteiger partial charge in [-0.05, 0) is 25.2 Å². The van der Waals surface area contributed by atoms with Crippen LogP contribution in [0, 0.1) is 11.8 Å². The Labute approximate surface area is 73.0 Å². The average molecular weight is 168 g/mol. The molecule has 0 radical (unpaired) electrons. The number of aliphatic hydroxyl groups is 1. The molecule has 2 aliphatic carbocycles. The van der Waals surface area contributed by atoms with Crippen molar-refractivity contribution in [2.75, 3.05) is 0 Å². The predicted molar refractivity (Wildman–Crippen MR) is 45.7 cm³/mol. The molecule has 0 aliphatic heterocycles. The summed E-state index contributed by atoms with van der Waals surface area (Å²) in [5, 5.41) is 9.71. The predicted octanol–water partition coefficient (Wildman–Crippen LogP) is 1.52. The Bertz CT molecular complexity index is 188. The molecule has 2 heteroatoms. The molecule has 0 aromatic carbocycles. The van der Waals surface area contributed by atoms with Gasteiger partial charge in [0.05, 0.1) is 6.10 Å². The zero-order valence-corrected chi connectivity index (χ0v) is 7.33. The normalized spacial score (nSPS) is 42.4. The molecule has 0 aromatic heterocycles. The molecule has 1 N–H and O–H groups in total. The van der Waals surface area contributed by atoms with Crippen LogP contribution in [-0.2, 0) is 4.79 Å². The maximum Gasteiger partial charge on any atom is 0.138 e. The maximum absolute atomic E-state index is 11.4. The molecule has 0 unspecified atom stereocenters. The molecule has 2 fully saturated rings. The first-order valence-corrected chi connectivity index (χ1v) is 5.00. The fourth-order valence-corrected chi connectivity index (χ4v) is 2.73. The highest BCUT2D eigenvalue weighted by atomic mass is 16.3. The van der Waals surface area contributed by atoms with E-state index < -0.39 is 0 Å². The van der Waals surface area contributed by atoms with Crippen molar-refractivity contribution in [3.8, 4) is 0 Å². The fourth-order valence-electron chi connectivity index (χ4n) is 2.73. The third-order valence-corrected chi connectivity index (χ3v) is 3.38. The van der Waals surface area contributed by atoms with Crippen molar-refractivity contribution in [2.24, 2.45) is 11.8 Å². The quantitative estimate of drug-likeness (QED) is 0.595. The molecule has 68 valence electrons. The Kier molecular flexibility index (Phi) is 2.18. The summed E-state index contributed by atoms with van der Waals surface area (Å²) < 4.78 is 0. The molecule has 2 saturated carbocycles. The number of ketones is 1. The molecule has 0 spiro atoms. The summed E-state index contributed by atoms with van der Waals surface area (Å²) in [6.07, 6.45) is 5.72. The Hall–Kier alpha value is -0.370. The van der Waals surface area contributed by atoms with Crippen molar-refractivity contribution in [3.63, 3.8) is 0 Å². The number of aliphatic hydroxyl groups excluding tert-OH is 1. The first-order valence-electron chi connectivity index (χ1n) is 5.00. The highest BCUT2D eigenvalue weighted by Crippen LogP contribution is 2.38. The highest BCUT2D eigenvalue weighted by Gasteiger charge is 2.39. The molecule has 0 heterocycles. The molecule has 2 aliphatic rings. The summed E-state index contributed by atoms with van der Waals surface area (Å²) in [7, 11) is 0. The van der Waals surface area contributed by atoms with Crippen LogP contribution in [0.1, 0.15) is 38.5 Å². The van der Waals surface area contributed by atoms with Crippen LogP contribution in [0.5, 0.6) is 0 Å². The number of fused-ring (bicyclic) bond motifs is 1. The Balaban J connectivity index is 2.14. The van der Waals surface area contributed by atoms with Gasteiger partial charge in [-0.1, -0.05) is 12.8 Å². The molecule has 0 saturated heterocycles. The zero-order chi connectivity index (χ0) is 8.55. The molecule has 0 aromatic rings. The van der Waals surface area contributed by atoms with Crippen LogP contribution in [0.2, 0.25) is 0 Å². The number of hydrogen-bond acceptors (Lipinski definition) is 2. The SMILES string of the molecule is O=C1CC[C@@H]2CCCC[C@H](O)[C@@H]12. The highest BCUT2D eigenvalue weighted by molar-refractivity contribution is 5.84. The van der Waals surface area contributed by atoms with Gasteiger partial charge in [0.1, 0.15) is 5.78 Å². The zero-order valence-electron chi connectivity index (χ0n) is 7.33. The third kappa shape index (κ3) is 1.28. The standard InChI is InChI=1S/C10H16O2/c11-8-4-2-1-3-7-5-6-9(12)10(7)8/h7-8,10-11H,1-6H2/t7-,8-,10-/m0/s1. The molecule has 0 bridgehead atoms. The van der Waals surface area contributed by atoms with Gasteiger partial charge in [-0.3, -0.25) is 4.79 Å². The average Bonchev–Trinajstić information content (AvgIpc) is 2.29. The molecular formula is C10H16O2. The lowest BCUT2D eigenvalue weighted by Crippen LogP contribution is -2.27. The van der Waals surface area contributed by atoms with E-state index in [1.165, 1.54) is 6.42 Å². The van der Waals surface area contributed by atoms with E-state index in [1.54, 1.807) is 0 Å². The Morgan fingerprint density at radius 1 is 1.17 bits per heavy atom. The number of carbonyl (C=O) groups is 1. The summed E-state index contributed by atoms with van der Waals surface area (Å²) in [5.41, 5.74) is 0. The summed E-state index contributed by atoms with van der Waals surface area (Å²) in [5.74, 6) is 0.830. The second kappa shape index (κ2) is 3.17. The van der Waals surface area contributed by atoms with E-state index in [-0.39, 0.29) is 12.0 Å². The monoisotopic (exact) mass is 168 g/mol. The van der Waals surface area contributed by atoms with Gasteiger partial charge in [0.2, 0.25) is 0 Å². The van der Waals surface area contributed by atoms with Crippen molar-refractivity contribution in [3.05, 3.63) is 0 Å². The topological polar surface area (TPSA) is 37.3 Å². The van der Waals surface area contributed by atoms with Crippen molar-refractivity contribution < 1.29 is 9.90 Å². The van der Waals surface area contributed by atoms with Crippen LogP contribution in [0.4, 0.5) is 0 Å². The lowest BCUT2D eigenvalue weighted by Gasteiger charge is -2.19. The van der Waals surface area contributed by atoms with E-state index in [0.717, 1.165) is 25.7 Å². The molecule has 3 atom stereocenters. The van der Waals surface area contributed by atoms with Crippen LogP contribution in [0.3, 0.4) is 0 Å². The van der Waals surface area contributed by atoms with Crippen molar-refractivity contribution >= 4 is 5.78 Å². The van der Waals surface area contributed by atoms with E-state index in [1.807, 2.05) is 0 Å². The van der Waals surface area contributed by atoms with Crippen LogP contribution in [0.15, 0.2) is 0 Å². The van der Waals surface area contributed by atoms with Gasteiger partial charge in [0, 0.05) is 12.3 Å². The van der Waals surface area contributed by atoms with E-state index in [4.69, 9.17) is 0 Å². The maximum atomic E-state index is 11.4. The van der Waals surface area contributed by atoms with Gasteiger partial charge in [-0.2, -0.15) is 0 Å². The minimum atomic E-state index is -0.326. The largest absolute Gasteiger partial charge is 0.392 e.